The van der Waals surface area contributed by atoms with Gasteiger partial charge in [-0.2, -0.15) is 0 Å². The Bertz CT molecular complexity index is 3260. The maximum atomic E-state index is 5.29. The minimum Gasteiger partial charge on any atom is -0.324 e. The van der Waals surface area contributed by atoms with Crippen LogP contribution in [-0.4, -0.2) is 16.2 Å². The molecular weight excluding hydrogens is 753 g/mol. The Morgan fingerprint density at radius 1 is 0.419 bits per heavy atom. The number of hydrogen-bond donors (Lipinski definition) is 1. The molecule has 0 fully saturated rings. The van der Waals surface area contributed by atoms with E-state index in [4.69, 9.17) is 9.98 Å². The van der Waals surface area contributed by atoms with E-state index in [0.717, 1.165) is 39.6 Å². The van der Waals surface area contributed by atoms with E-state index in [0.29, 0.717) is 0 Å². The predicted molar refractivity (Wildman–Crippen MR) is 255 cm³/mol. The summed E-state index contributed by atoms with van der Waals surface area (Å²) in [7, 11) is 0. The van der Waals surface area contributed by atoms with Gasteiger partial charge in [0.2, 0.25) is 0 Å². The second-order valence-corrected chi connectivity index (χ2v) is 16.1. The second kappa shape index (κ2) is 14.6. The van der Waals surface area contributed by atoms with Crippen molar-refractivity contribution in [3.8, 4) is 27.9 Å². The fourth-order valence-corrected chi connectivity index (χ4v) is 10.0. The van der Waals surface area contributed by atoms with Crippen molar-refractivity contribution >= 4 is 33.5 Å². The standard InChI is InChI=1S/C58H40N4/c1-6-19-39(20-7-1)42-33-36-52-50(38-42)49-35-34-48-47-31-16-17-32-51(47)58(44-26-12-4-13-27-44,45-28-14-5-15-29-45)53(48)54(49)62(52)46-30-18-25-43(37-46)57-60-55(40-21-8-2-9-22-40)59-56(61-57)41-23-10-3-11-24-41/h1-38,57H,(H,59,60,61). The lowest BCUT2D eigenvalue weighted by atomic mass is 9.67. The number of aromatic nitrogens is 1. The molecule has 292 valence electrons. The normalized spacial score (nSPS) is 14.2. The zero-order valence-corrected chi connectivity index (χ0v) is 33.9. The first-order valence-electron chi connectivity index (χ1n) is 21.3. The van der Waals surface area contributed by atoms with Crippen LogP contribution in [-0.2, 0) is 5.41 Å². The van der Waals surface area contributed by atoms with Crippen molar-refractivity contribution in [3.05, 3.63) is 269 Å². The van der Waals surface area contributed by atoms with Crippen molar-refractivity contribution in [1.29, 1.82) is 0 Å². The number of rotatable bonds is 7. The van der Waals surface area contributed by atoms with E-state index < -0.39 is 11.6 Å². The monoisotopic (exact) mass is 792 g/mol. The summed E-state index contributed by atoms with van der Waals surface area (Å²) in [6, 6.07) is 83.1. The van der Waals surface area contributed by atoms with Crippen LogP contribution in [0.4, 0.5) is 0 Å². The first-order chi connectivity index (χ1) is 30.8. The van der Waals surface area contributed by atoms with Gasteiger partial charge in [0.25, 0.3) is 0 Å². The third-order valence-electron chi connectivity index (χ3n) is 12.7. The molecule has 0 saturated heterocycles. The highest BCUT2D eigenvalue weighted by atomic mass is 15.2. The lowest BCUT2D eigenvalue weighted by Gasteiger charge is -2.34. The van der Waals surface area contributed by atoms with Crippen molar-refractivity contribution in [2.75, 3.05) is 0 Å². The maximum absolute atomic E-state index is 5.29. The van der Waals surface area contributed by atoms with Crippen LogP contribution in [0.15, 0.2) is 241 Å². The van der Waals surface area contributed by atoms with Gasteiger partial charge < -0.3 is 9.88 Å². The van der Waals surface area contributed by atoms with Crippen molar-refractivity contribution < 1.29 is 0 Å². The molecule has 1 aliphatic heterocycles. The fraction of sp³-hybridized carbons (Fsp3) is 0.0345. The van der Waals surface area contributed by atoms with Crippen LogP contribution in [0.2, 0.25) is 0 Å². The molecule has 62 heavy (non-hydrogen) atoms. The van der Waals surface area contributed by atoms with E-state index in [-0.39, 0.29) is 0 Å². The molecule has 0 bridgehead atoms. The average molecular weight is 793 g/mol. The van der Waals surface area contributed by atoms with Crippen molar-refractivity contribution in [3.63, 3.8) is 0 Å². The highest BCUT2D eigenvalue weighted by Crippen LogP contribution is 2.59. The molecule has 2 heterocycles. The molecule has 4 heteroatoms. The molecule has 0 spiro atoms. The molecule has 2 aliphatic rings. The fourth-order valence-electron chi connectivity index (χ4n) is 10.0. The number of nitrogens with zero attached hydrogens (tertiary/aromatic N) is 3. The molecule has 10 aromatic rings. The van der Waals surface area contributed by atoms with E-state index >= 15 is 0 Å². The molecule has 0 amide bonds. The zero-order chi connectivity index (χ0) is 41.0. The topological polar surface area (TPSA) is 41.7 Å². The summed E-state index contributed by atoms with van der Waals surface area (Å²) >= 11 is 0. The van der Waals surface area contributed by atoms with Gasteiger partial charge in [0.15, 0.2) is 6.17 Å². The summed E-state index contributed by atoms with van der Waals surface area (Å²) < 4.78 is 2.51. The summed E-state index contributed by atoms with van der Waals surface area (Å²) in [4.78, 5) is 10.6. The van der Waals surface area contributed by atoms with Gasteiger partial charge in [0, 0.05) is 38.7 Å². The van der Waals surface area contributed by atoms with Gasteiger partial charge in [0.05, 0.1) is 16.4 Å². The van der Waals surface area contributed by atoms with Gasteiger partial charge in [0.1, 0.15) is 11.7 Å². The first kappa shape index (κ1) is 35.8. The third kappa shape index (κ3) is 5.61. The molecular formula is C58H40N4. The summed E-state index contributed by atoms with van der Waals surface area (Å²) in [6.45, 7) is 0. The summed E-state index contributed by atoms with van der Waals surface area (Å²) in [6.07, 6.45) is -0.470. The molecule has 0 radical (unpaired) electrons. The lowest BCUT2D eigenvalue weighted by molar-refractivity contribution is 0.754. The highest BCUT2D eigenvalue weighted by Gasteiger charge is 2.48. The number of amidine groups is 2. The molecule has 0 unspecified atom stereocenters. The Hall–Kier alpha value is -8.08. The molecule has 12 rings (SSSR count). The van der Waals surface area contributed by atoms with Crippen LogP contribution in [0, 0.1) is 0 Å². The van der Waals surface area contributed by atoms with Crippen molar-refractivity contribution in [2.45, 2.75) is 11.6 Å². The predicted octanol–water partition coefficient (Wildman–Crippen LogP) is 13.3. The number of aliphatic imine (C=N–C) groups is 2. The van der Waals surface area contributed by atoms with Crippen molar-refractivity contribution in [2.24, 2.45) is 9.98 Å². The van der Waals surface area contributed by atoms with Crippen LogP contribution in [0.5, 0.6) is 0 Å². The average Bonchev–Trinajstić information content (AvgIpc) is 3.86. The largest absolute Gasteiger partial charge is 0.324 e. The Kier molecular flexibility index (Phi) is 8.42. The van der Waals surface area contributed by atoms with E-state index in [1.54, 1.807) is 0 Å². The van der Waals surface area contributed by atoms with E-state index in [1.807, 2.05) is 12.1 Å². The van der Waals surface area contributed by atoms with E-state index in [9.17, 15) is 0 Å². The van der Waals surface area contributed by atoms with Gasteiger partial charge in [-0.25, -0.2) is 9.98 Å². The minimum absolute atomic E-state index is 0.470. The summed E-state index contributed by atoms with van der Waals surface area (Å²) in [5, 5.41) is 5.98. The number of fused-ring (bicyclic) bond motifs is 7. The van der Waals surface area contributed by atoms with Crippen LogP contribution in [0.1, 0.15) is 45.1 Å². The molecule has 1 N–H and O–H groups in total. The number of benzene rings is 9. The van der Waals surface area contributed by atoms with Gasteiger partial charge in [-0.05, 0) is 63.2 Å². The maximum Gasteiger partial charge on any atom is 0.169 e. The third-order valence-corrected chi connectivity index (χ3v) is 12.7. The highest BCUT2D eigenvalue weighted by molar-refractivity contribution is 6.16. The smallest absolute Gasteiger partial charge is 0.169 e. The molecule has 1 aliphatic carbocycles. The lowest BCUT2D eigenvalue weighted by Crippen LogP contribution is -2.36. The van der Waals surface area contributed by atoms with Crippen LogP contribution in [0.3, 0.4) is 0 Å². The van der Waals surface area contributed by atoms with Crippen LogP contribution in [0.25, 0.3) is 49.7 Å². The van der Waals surface area contributed by atoms with Gasteiger partial charge in [-0.15, -0.1) is 0 Å². The van der Waals surface area contributed by atoms with E-state index in [1.165, 1.54) is 60.8 Å². The molecule has 9 aromatic carbocycles. The Morgan fingerprint density at radius 3 is 1.61 bits per heavy atom. The van der Waals surface area contributed by atoms with Crippen LogP contribution >= 0.6 is 0 Å². The molecule has 0 atom stereocenters. The molecule has 0 saturated carbocycles. The number of nitrogens with one attached hydrogen (secondary N) is 1. The van der Waals surface area contributed by atoms with Crippen molar-refractivity contribution in [1.82, 2.24) is 9.88 Å². The van der Waals surface area contributed by atoms with Crippen LogP contribution < -0.4 is 5.32 Å². The Morgan fingerprint density at radius 2 is 0.984 bits per heavy atom. The van der Waals surface area contributed by atoms with E-state index in [2.05, 4.69) is 228 Å². The quantitative estimate of drug-likeness (QED) is 0.172. The first-order valence-corrected chi connectivity index (χ1v) is 21.3. The van der Waals surface area contributed by atoms with Gasteiger partial charge in [-0.3, -0.25) is 0 Å². The molecule has 4 nitrogen and oxygen atoms in total. The zero-order valence-electron chi connectivity index (χ0n) is 33.9. The summed E-state index contributed by atoms with van der Waals surface area (Å²) in [5.74, 6) is 1.59. The minimum atomic E-state index is -0.598. The number of hydrogen-bond acceptors (Lipinski definition) is 3. The summed E-state index contributed by atoms with van der Waals surface area (Å²) in [5.41, 5.74) is 15.8. The van der Waals surface area contributed by atoms with Gasteiger partial charge in [-0.1, -0.05) is 206 Å². The Labute approximate surface area is 360 Å². The Balaban J connectivity index is 1.16. The SMILES string of the molecule is c1ccc(C2=NC(c3cccc(-n4c5ccc(-c6ccccc6)cc5c5ccc6c(c54)C(c4ccccc4)(c4ccccc4)c4ccccc4-6)c3)N=C(c3ccccc3)N2)cc1. The molecule has 1 aromatic heterocycles. The van der Waals surface area contributed by atoms with Gasteiger partial charge >= 0.3 is 0 Å². The second-order valence-electron chi connectivity index (χ2n) is 16.1.